The van der Waals surface area contributed by atoms with Gasteiger partial charge in [-0.15, -0.1) is 0 Å². The van der Waals surface area contributed by atoms with Crippen molar-refractivity contribution < 1.29 is 24.2 Å². The lowest BCUT2D eigenvalue weighted by Crippen LogP contribution is -2.40. The number of carboxylic acids is 1. The largest absolute Gasteiger partial charge is 0.480 e. The summed E-state index contributed by atoms with van der Waals surface area (Å²) in [5, 5.41) is 11.9. The van der Waals surface area contributed by atoms with Gasteiger partial charge in [0.25, 0.3) is 0 Å². The number of ether oxygens (including phenoxy) is 1. The number of hydrogen-bond acceptors (Lipinski definition) is 5. The van der Waals surface area contributed by atoms with E-state index in [1.807, 2.05) is 0 Å². The summed E-state index contributed by atoms with van der Waals surface area (Å²) in [4.78, 5) is 36.0. The van der Waals surface area contributed by atoms with Crippen molar-refractivity contribution in [2.45, 2.75) is 161 Å². The average Bonchev–Trinajstić information content (AvgIpc) is 3.07. The standard InChI is InChI=1S/C41H68N2O5/c1-3-5-7-9-10-11-12-13-14-15-16-17-18-19-20-21-22-23-29-35-40(45)48-37(31-26-8-6-4-2)32-27-24-25-28-34-39(44)43-38(41(46)47)33-30-36-42/h5,7,10-11,13-14,16-17,19-20,22-23,37-38H,3-4,6,8-9,12,15,18,21,24-36,42H2,1-2H3,(H,43,44)(H,46,47)/b7-5-,11-10-,14-13-,17-16-,20-19-,23-22-. The third-order valence-electron chi connectivity index (χ3n) is 7.80. The number of rotatable bonds is 32. The van der Waals surface area contributed by atoms with Crippen LogP contribution < -0.4 is 11.1 Å². The second kappa shape index (κ2) is 35.1. The fourth-order valence-corrected chi connectivity index (χ4v) is 5.00. The third kappa shape index (κ3) is 31.4. The van der Waals surface area contributed by atoms with Gasteiger partial charge in [-0.2, -0.15) is 0 Å². The first-order chi connectivity index (χ1) is 23.4. The van der Waals surface area contributed by atoms with Gasteiger partial charge in [0.15, 0.2) is 0 Å². The SMILES string of the molecule is CC/C=C\C/C=C\C/C=C\C/C=C\C/C=C\C/C=C\CCC(=O)OC(CCCCCC)CCCCCCC(=O)NC(CCCN)C(=O)O. The van der Waals surface area contributed by atoms with Gasteiger partial charge in [0.2, 0.25) is 5.91 Å². The van der Waals surface area contributed by atoms with Gasteiger partial charge in [0.1, 0.15) is 12.1 Å². The van der Waals surface area contributed by atoms with Gasteiger partial charge < -0.3 is 20.9 Å². The number of carbonyl (C=O) groups excluding carboxylic acids is 2. The van der Waals surface area contributed by atoms with E-state index in [0.29, 0.717) is 45.1 Å². The molecule has 1 amide bonds. The number of aliphatic carboxylic acids is 1. The summed E-state index contributed by atoms with van der Waals surface area (Å²) in [5.74, 6) is -1.38. The Morgan fingerprint density at radius 3 is 1.62 bits per heavy atom. The molecule has 0 spiro atoms. The molecule has 48 heavy (non-hydrogen) atoms. The molecule has 0 aliphatic heterocycles. The molecule has 2 atom stereocenters. The lowest BCUT2D eigenvalue weighted by Gasteiger charge is -2.18. The van der Waals surface area contributed by atoms with E-state index in [-0.39, 0.29) is 18.0 Å². The first kappa shape index (κ1) is 44.8. The second-order valence-electron chi connectivity index (χ2n) is 12.3. The molecule has 0 aromatic rings. The molecular formula is C41H68N2O5. The highest BCUT2D eigenvalue weighted by molar-refractivity contribution is 5.83. The molecule has 0 radical (unpaired) electrons. The Kier molecular flexibility index (Phi) is 32.8. The molecule has 0 aliphatic rings. The Morgan fingerprint density at radius 1 is 0.625 bits per heavy atom. The number of carboxylic acid groups (broad SMARTS) is 1. The minimum atomic E-state index is -1.02. The predicted octanol–water partition coefficient (Wildman–Crippen LogP) is 10.00. The molecule has 0 heterocycles. The highest BCUT2D eigenvalue weighted by Crippen LogP contribution is 2.17. The summed E-state index contributed by atoms with van der Waals surface area (Å²) in [5.41, 5.74) is 5.46. The molecule has 0 aromatic heterocycles. The lowest BCUT2D eigenvalue weighted by atomic mass is 10.0. The molecule has 0 rings (SSSR count). The van der Waals surface area contributed by atoms with Crippen LogP contribution in [0.5, 0.6) is 0 Å². The van der Waals surface area contributed by atoms with Crippen LogP contribution in [-0.2, 0) is 19.1 Å². The van der Waals surface area contributed by atoms with Gasteiger partial charge in [0, 0.05) is 12.8 Å². The van der Waals surface area contributed by atoms with Gasteiger partial charge in [-0.3, -0.25) is 9.59 Å². The van der Waals surface area contributed by atoms with Gasteiger partial charge in [-0.1, -0.05) is 119 Å². The third-order valence-corrected chi connectivity index (χ3v) is 7.80. The Labute approximate surface area is 292 Å². The topological polar surface area (TPSA) is 119 Å². The molecular weight excluding hydrogens is 600 g/mol. The maximum absolute atomic E-state index is 12.6. The molecule has 0 aliphatic carbocycles. The predicted molar refractivity (Wildman–Crippen MR) is 202 cm³/mol. The van der Waals surface area contributed by atoms with Gasteiger partial charge in [0.05, 0.1) is 0 Å². The van der Waals surface area contributed by atoms with Crippen LogP contribution in [-0.4, -0.2) is 41.6 Å². The van der Waals surface area contributed by atoms with E-state index in [0.717, 1.165) is 83.5 Å². The zero-order valence-corrected chi connectivity index (χ0v) is 30.3. The summed E-state index contributed by atoms with van der Waals surface area (Å²) in [6.45, 7) is 4.74. The van der Waals surface area contributed by atoms with Crippen molar-refractivity contribution in [1.82, 2.24) is 5.32 Å². The highest BCUT2D eigenvalue weighted by Gasteiger charge is 2.19. The van der Waals surface area contributed by atoms with Crippen molar-refractivity contribution in [3.8, 4) is 0 Å². The Morgan fingerprint density at radius 2 is 1.12 bits per heavy atom. The van der Waals surface area contributed by atoms with Crippen molar-refractivity contribution in [3.05, 3.63) is 72.9 Å². The van der Waals surface area contributed by atoms with E-state index >= 15 is 0 Å². The number of hydrogen-bond donors (Lipinski definition) is 3. The quantitative estimate of drug-likeness (QED) is 0.0373. The first-order valence-corrected chi connectivity index (χ1v) is 18.8. The van der Waals surface area contributed by atoms with Gasteiger partial charge in [-0.05, 0) is 96.4 Å². The maximum Gasteiger partial charge on any atom is 0.326 e. The summed E-state index contributed by atoms with van der Waals surface area (Å²) in [6.07, 6.45) is 44.0. The molecule has 0 bridgehead atoms. The van der Waals surface area contributed by atoms with Crippen LogP contribution in [0, 0.1) is 0 Å². The summed E-state index contributed by atoms with van der Waals surface area (Å²) in [6, 6.07) is -0.872. The van der Waals surface area contributed by atoms with Crippen LogP contribution in [0.15, 0.2) is 72.9 Å². The zero-order chi connectivity index (χ0) is 35.3. The van der Waals surface area contributed by atoms with Crippen molar-refractivity contribution in [2.24, 2.45) is 5.73 Å². The molecule has 272 valence electrons. The molecule has 4 N–H and O–H groups in total. The zero-order valence-electron chi connectivity index (χ0n) is 30.3. The van der Waals surface area contributed by atoms with Crippen LogP contribution in [0.4, 0.5) is 0 Å². The molecule has 0 aromatic carbocycles. The Balaban J connectivity index is 4.21. The number of unbranched alkanes of at least 4 members (excludes halogenated alkanes) is 6. The molecule has 0 fully saturated rings. The summed E-state index contributed by atoms with van der Waals surface area (Å²) >= 11 is 0. The lowest BCUT2D eigenvalue weighted by molar-refractivity contribution is -0.149. The highest BCUT2D eigenvalue weighted by atomic mass is 16.5. The number of nitrogens with one attached hydrogen (secondary N) is 1. The van der Waals surface area contributed by atoms with E-state index in [4.69, 9.17) is 10.5 Å². The van der Waals surface area contributed by atoms with Crippen LogP contribution in [0.2, 0.25) is 0 Å². The number of allylic oxidation sites excluding steroid dienone is 12. The van der Waals surface area contributed by atoms with Crippen molar-refractivity contribution >= 4 is 17.8 Å². The molecule has 2 unspecified atom stereocenters. The van der Waals surface area contributed by atoms with Crippen molar-refractivity contribution in [2.75, 3.05) is 6.54 Å². The minimum absolute atomic E-state index is 0.0539. The first-order valence-electron chi connectivity index (χ1n) is 18.8. The van der Waals surface area contributed by atoms with Gasteiger partial charge >= 0.3 is 11.9 Å². The Bertz CT molecular complexity index is 979. The minimum Gasteiger partial charge on any atom is -0.480 e. The van der Waals surface area contributed by atoms with E-state index in [2.05, 4.69) is 92.1 Å². The number of esters is 1. The number of carbonyl (C=O) groups is 3. The normalized spacial score (nSPS) is 13.6. The molecule has 0 saturated heterocycles. The van der Waals surface area contributed by atoms with Gasteiger partial charge in [-0.25, -0.2) is 4.79 Å². The molecule has 0 saturated carbocycles. The monoisotopic (exact) mass is 669 g/mol. The fourth-order valence-electron chi connectivity index (χ4n) is 5.00. The Hall–Kier alpha value is -3.19. The smallest absolute Gasteiger partial charge is 0.326 e. The fraction of sp³-hybridized carbons (Fsp3) is 0.634. The maximum atomic E-state index is 12.6. The van der Waals surface area contributed by atoms with Crippen LogP contribution >= 0.6 is 0 Å². The second-order valence-corrected chi connectivity index (χ2v) is 12.3. The summed E-state index contributed by atoms with van der Waals surface area (Å²) in [7, 11) is 0. The molecule has 7 nitrogen and oxygen atoms in total. The number of amides is 1. The van der Waals surface area contributed by atoms with E-state index < -0.39 is 12.0 Å². The number of nitrogens with two attached hydrogens (primary N) is 1. The van der Waals surface area contributed by atoms with Crippen molar-refractivity contribution in [3.63, 3.8) is 0 Å². The van der Waals surface area contributed by atoms with Crippen molar-refractivity contribution in [1.29, 1.82) is 0 Å². The van der Waals surface area contributed by atoms with E-state index in [1.165, 1.54) is 12.8 Å². The van der Waals surface area contributed by atoms with E-state index in [9.17, 15) is 19.5 Å². The molecule has 7 heteroatoms. The average molecular weight is 669 g/mol. The van der Waals surface area contributed by atoms with Crippen LogP contribution in [0.3, 0.4) is 0 Å². The van der Waals surface area contributed by atoms with Crippen LogP contribution in [0.1, 0.15) is 149 Å². The van der Waals surface area contributed by atoms with Crippen LogP contribution in [0.25, 0.3) is 0 Å². The van der Waals surface area contributed by atoms with E-state index in [1.54, 1.807) is 0 Å². The summed E-state index contributed by atoms with van der Waals surface area (Å²) < 4.78 is 5.88.